The third-order valence-electron chi connectivity index (χ3n) is 2.94. The zero-order valence-electron chi connectivity index (χ0n) is 10.9. The van der Waals surface area contributed by atoms with E-state index in [2.05, 4.69) is 0 Å². The molecule has 0 amide bonds. The van der Waals surface area contributed by atoms with Gasteiger partial charge in [0.1, 0.15) is 17.0 Å². The number of aliphatic carboxylic acids is 1. The number of rotatable bonds is 5. The molecule has 0 saturated carbocycles. The summed E-state index contributed by atoms with van der Waals surface area (Å²) in [5, 5.41) is 20.2. The number of nitro groups is 1. The van der Waals surface area contributed by atoms with Crippen molar-refractivity contribution in [2.24, 2.45) is 0 Å². The van der Waals surface area contributed by atoms with Crippen LogP contribution in [-0.2, 0) is 4.79 Å². The second-order valence-corrected chi connectivity index (χ2v) is 4.50. The number of nitro benzene ring substituents is 1. The van der Waals surface area contributed by atoms with Crippen LogP contribution in [0.2, 0.25) is 0 Å². The molecule has 1 N–H and O–H groups in total. The minimum Gasteiger partial charge on any atom is -0.480 e. The maximum absolute atomic E-state index is 13.3. The van der Waals surface area contributed by atoms with E-state index in [1.807, 2.05) is 0 Å². The van der Waals surface area contributed by atoms with E-state index >= 15 is 0 Å². The van der Waals surface area contributed by atoms with Crippen LogP contribution < -0.4 is 4.90 Å². The van der Waals surface area contributed by atoms with Crippen molar-refractivity contribution < 1.29 is 19.2 Å². The molecule has 0 saturated heterocycles. The summed E-state index contributed by atoms with van der Waals surface area (Å²) in [7, 11) is 0. The Morgan fingerprint density at radius 3 is 2.53 bits per heavy atom. The number of hydrogen-bond donors (Lipinski definition) is 1. The minimum atomic E-state index is -1.38. The van der Waals surface area contributed by atoms with Gasteiger partial charge in [-0.05, 0) is 26.8 Å². The first kappa shape index (κ1) is 14.9. The Kier molecular flexibility index (Phi) is 4.08. The Morgan fingerprint density at radius 2 is 2.11 bits per heavy atom. The number of nitrogens with zero attached hydrogens (tertiary/aromatic N) is 2. The van der Waals surface area contributed by atoms with E-state index < -0.39 is 22.2 Å². The van der Waals surface area contributed by atoms with Crippen LogP contribution in [0.4, 0.5) is 15.8 Å². The van der Waals surface area contributed by atoms with Crippen LogP contribution in [-0.4, -0.2) is 28.1 Å². The Labute approximate surface area is 109 Å². The van der Waals surface area contributed by atoms with E-state index in [-0.39, 0.29) is 17.9 Å². The van der Waals surface area contributed by atoms with Gasteiger partial charge in [0.2, 0.25) is 0 Å². The highest BCUT2D eigenvalue weighted by Crippen LogP contribution is 2.33. The summed E-state index contributed by atoms with van der Waals surface area (Å²) in [6.45, 7) is 4.67. The number of hydrogen-bond acceptors (Lipinski definition) is 4. The zero-order valence-corrected chi connectivity index (χ0v) is 10.9. The van der Waals surface area contributed by atoms with E-state index in [4.69, 9.17) is 0 Å². The SMILES string of the molecule is CCN(c1cc(F)ccc1[N+](=O)[O-])C(C)(C)C(=O)O. The van der Waals surface area contributed by atoms with Crippen molar-refractivity contribution >= 4 is 17.3 Å². The number of carboxylic acid groups (broad SMARTS) is 1. The predicted molar refractivity (Wildman–Crippen MR) is 67.8 cm³/mol. The fraction of sp³-hybridized carbons (Fsp3) is 0.417. The summed E-state index contributed by atoms with van der Waals surface area (Å²) in [5.74, 6) is -1.80. The standard InChI is InChI=1S/C12H15FN2O4/c1-4-14(12(2,3)11(16)17)10-7-8(13)5-6-9(10)15(18)19/h5-7H,4H2,1-3H3,(H,16,17). The van der Waals surface area contributed by atoms with Crippen LogP contribution in [0.5, 0.6) is 0 Å². The van der Waals surface area contributed by atoms with E-state index in [1.54, 1.807) is 6.92 Å². The van der Waals surface area contributed by atoms with Crippen LogP contribution in [0.3, 0.4) is 0 Å². The van der Waals surface area contributed by atoms with Crippen molar-refractivity contribution in [3.05, 3.63) is 34.1 Å². The smallest absolute Gasteiger partial charge is 0.328 e. The molecular weight excluding hydrogens is 255 g/mol. The average molecular weight is 270 g/mol. The Bertz CT molecular complexity index is 516. The number of benzene rings is 1. The third kappa shape index (κ3) is 2.81. The monoisotopic (exact) mass is 270 g/mol. The van der Waals surface area contributed by atoms with Gasteiger partial charge in [0, 0.05) is 18.7 Å². The summed E-state index contributed by atoms with van der Waals surface area (Å²) in [6.07, 6.45) is 0. The zero-order chi connectivity index (χ0) is 14.8. The Hall–Kier alpha value is -2.18. The first-order valence-electron chi connectivity index (χ1n) is 5.66. The fourth-order valence-corrected chi connectivity index (χ4v) is 1.85. The molecule has 0 aliphatic rings. The van der Waals surface area contributed by atoms with Crippen molar-refractivity contribution in [2.45, 2.75) is 26.3 Å². The number of halogens is 1. The number of carboxylic acids is 1. The molecule has 0 aromatic heterocycles. The highest BCUT2D eigenvalue weighted by atomic mass is 19.1. The Balaban J connectivity index is 3.44. The van der Waals surface area contributed by atoms with Gasteiger partial charge in [0.05, 0.1) is 4.92 Å². The summed E-state index contributed by atoms with van der Waals surface area (Å²) < 4.78 is 13.3. The maximum Gasteiger partial charge on any atom is 0.328 e. The summed E-state index contributed by atoms with van der Waals surface area (Å²) in [5.41, 5.74) is -1.75. The maximum atomic E-state index is 13.3. The van der Waals surface area contributed by atoms with Crippen molar-refractivity contribution in [3.8, 4) is 0 Å². The third-order valence-corrected chi connectivity index (χ3v) is 2.94. The molecule has 1 aromatic rings. The lowest BCUT2D eigenvalue weighted by Crippen LogP contribution is -2.50. The topological polar surface area (TPSA) is 83.7 Å². The van der Waals surface area contributed by atoms with Gasteiger partial charge in [0.15, 0.2) is 0 Å². The summed E-state index contributed by atoms with van der Waals surface area (Å²) in [4.78, 5) is 22.8. The van der Waals surface area contributed by atoms with Crippen molar-refractivity contribution in [1.82, 2.24) is 0 Å². The van der Waals surface area contributed by atoms with Crippen LogP contribution in [0.15, 0.2) is 18.2 Å². The molecule has 0 unspecified atom stereocenters. The van der Waals surface area contributed by atoms with Gasteiger partial charge < -0.3 is 10.0 Å². The molecule has 104 valence electrons. The van der Waals surface area contributed by atoms with Gasteiger partial charge in [-0.1, -0.05) is 0 Å². The normalized spacial score (nSPS) is 11.2. The molecule has 0 fully saturated rings. The largest absolute Gasteiger partial charge is 0.480 e. The van der Waals surface area contributed by atoms with E-state index in [9.17, 15) is 24.4 Å². The second kappa shape index (κ2) is 5.21. The molecule has 7 heteroatoms. The van der Waals surface area contributed by atoms with E-state index in [0.717, 1.165) is 18.2 Å². The highest BCUT2D eigenvalue weighted by Gasteiger charge is 2.37. The quantitative estimate of drug-likeness (QED) is 0.656. The molecular formula is C12H15FN2O4. The molecule has 0 bridgehead atoms. The first-order chi connectivity index (χ1) is 8.71. The van der Waals surface area contributed by atoms with Crippen molar-refractivity contribution in [1.29, 1.82) is 0 Å². The molecule has 0 radical (unpaired) electrons. The highest BCUT2D eigenvalue weighted by molar-refractivity contribution is 5.84. The van der Waals surface area contributed by atoms with E-state index in [0.29, 0.717) is 0 Å². The van der Waals surface area contributed by atoms with Gasteiger partial charge >= 0.3 is 5.97 Å². The lowest BCUT2D eigenvalue weighted by molar-refractivity contribution is -0.384. The van der Waals surface area contributed by atoms with Crippen LogP contribution >= 0.6 is 0 Å². The number of anilines is 1. The summed E-state index contributed by atoms with van der Waals surface area (Å²) >= 11 is 0. The van der Waals surface area contributed by atoms with Gasteiger partial charge in [-0.15, -0.1) is 0 Å². The van der Waals surface area contributed by atoms with Crippen LogP contribution in [0.25, 0.3) is 0 Å². The molecule has 0 heterocycles. The van der Waals surface area contributed by atoms with Gasteiger partial charge in [-0.25, -0.2) is 9.18 Å². The molecule has 1 aromatic carbocycles. The summed E-state index contributed by atoms with van der Waals surface area (Å²) in [6, 6.07) is 2.99. The molecule has 0 atom stereocenters. The van der Waals surface area contributed by atoms with Gasteiger partial charge in [-0.3, -0.25) is 10.1 Å². The molecule has 0 aliphatic heterocycles. The van der Waals surface area contributed by atoms with E-state index in [1.165, 1.54) is 18.7 Å². The Morgan fingerprint density at radius 1 is 1.53 bits per heavy atom. The van der Waals surface area contributed by atoms with Crippen LogP contribution in [0.1, 0.15) is 20.8 Å². The van der Waals surface area contributed by atoms with Crippen molar-refractivity contribution in [2.75, 3.05) is 11.4 Å². The lowest BCUT2D eigenvalue weighted by Gasteiger charge is -2.35. The lowest BCUT2D eigenvalue weighted by atomic mass is 10.0. The second-order valence-electron chi connectivity index (χ2n) is 4.50. The number of likely N-dealkylation sites (N-methyl/N-ethyl adjacent to an activating group) is 1. The predicted octanol–water partition coefficient (Wildman–Crippen LogP) is 2.42. The average Bonchev–Trinajstić information content (AvgIpc) is 2.28. The van der Waals surface area contributed by atoms with Gasteiger partial charge in [0.25, 0.3) is 5.69 Å². The number of carbonyl (C=O) groups is 1. The molecule has 19 heavy (non-hydrogen) atoms. The first-order valence-corrected chi connectivity index (χ1v) is 5.66. The minimum absolute atomic E-state index is 0.0418. The molecule has 6 nitrogen and oxygen atoms in total. The molecule has 0 spiro atoms. The molecule has 1 rings (SSSR count). The molecule has 0 aliphatic carbocycles. The van der Waals surface area contributed by atoms with Crippen molar-refractivity contribution in [3.63, 3.8) is 0 Å². The van der Waals surface area contributed by atoms with Gasteiger partial charge in [-0.2, -0.15) is 0 Å². The van der Waals surface area contributed by atoms with Crippen LogP contribution in [0, 0.1) is 15.9 Å². The fourth-order valence-electron chi connectivity index (χ4n) is 1.85.